The Balaban J connectivity index is 1.73. The zero-order valence-corrected chi connectivity index (χ0v) is 22.2. The summed E-state index contributed by atoms with van der Waals surface area (Å²) in [6.45, 7) is 1.11. The van der Waals surface area contributed by atoms with E-state index >= 15 is 0 Å². The lowest BCUT2D eigenvalue weighted by atomic mass is 9.81. The maximum absolute atomic E-state index is 14.5. The van der Waals surface area contributed by atoms with Gasteiger partial charge in [0.05, 0.1) is 17.0 Å². The average molecular weight is 528 g/mol. The van der Waals surface area contributed by atoms with Crippen molar-refractivity contribution in [2.24, 2.45) is 0 Å². The van der Waals surface area contributed by atoms with Gasteiger partial charge in [-0.2, -0.15) is 4.31 Å². The minimum absolute atomic E-state index is 0.0274. The van der Waals surface area contributed by atoms with Crippen molar-refractivity contribution in [2.45, 2.75) is 51.1 Å². The fourth-order valence-electron chi connectivity index (χ4n) is 5.91. The highest BCUT2D eigenvalue weighted by Gasteiger charge is 2.32. The highest BCUT2D eigenvalue weighted by Crippen LogP contribution is 2.46. The van der Waals surface area contributed by atoms with Crippen LogP contribution in [0.25, 0.3) is 22.2 Å². The standard InChI is InChI=1S/C28H34FN3O4S/c1-30(2)14-15-37(35,36)31-12-13-32-25-17-20(28(33)34)8-10-24(25)26(19-6-4-3-5-7-19)27(32)23-11-9-22(29)16-21(23)18-31/h8-11,16-17,19H,3-7,12-15,18H2,1-2H3,(H,33,34). The minimum atomic E-state index is -3.60. The predicted molar refractivity (Wildman–Crippen MR) is 143 cm³/mol. The Hall–Kier alpha value is -2.75. The number of aromatic nitrogens is 1. The molecule has 0 saturated heterocycles. The summed E-state index contributed by atoms with van der Waals surface area (Å²) in [5, 5.41) is 10.7. The van der Waals surface area contributed by atoms with Gasteiger partial charge >= 0.3 is 5.97 Å². The van der Waals surface area contributed by atoms with Crippen LogP contribution in [0.5, 0.6) is 0 Å². The normalized spacial score (nSPS) is 17.4. The number of fused-ring (bicyclic) bond motifs is 5. The van der Waals surface area contributed by atoms with Crippen LogP contribution in [-0.2, 0) is 23.1 Å². The first-order chi connectivity index (χ1) is 17.7. The number of hydrogen-bond acceptors (Lipinski definition) is 4. The number of carboxylic acid groups (broad SMARTS) is 1. The largest absolute Gasteiger partial charge is 0.478 e. The maximum atomic E-state index is 14.5. The monoisotopic (exact) mass is 527 g/mol. The van der Waals surface area contributed by atoms with E-state index in [2.05, 4.69) is 4.57 Å². The zero-order valence-electron chi connectivity index (χ0n) is 21.4. The molecule has 0 radical (unpaired) electrons. The lowest BCUT2D eigenvalue weighted by Crippen LogP contribution is -2.38. The van der Waals surface area contributed by atoms with Gasteiger partial charge in [0.15, 0.2) is 0 Å². The van der Waals surface area contributed by atoms with E-state index in [9.17, 15) is 22.7 Å². The molecule has 3 aromatic rings. The summed E-state index contributed by atoms with van der Waals surface area (Å²) in [5.74, 6) is -1.11. The highest BCUT2D eigenvalue weighted by atomic mass is 32.2. The van der Waals surface area contributed by atoms with Gasteiger partial charge in [-0.1, -0.05) is 25.3 Å². The second kappa shape index (κ2) is 10.2. The van der Waals surface area contributed by atoms with Gasteiger partial charge < -0.3 is 14.6 Å². The Morgan fingerprint density at radius 3 is 2.54 bits per heavy atom. The number of hydrogen-bond donors (Lipinski definition) is 1. The number of benzene rings is 2. The van der Waals surface area contributed by atoms with Gasteiger partial charge in [-0.25, -0.2) is 17.6 Å². The quantitative estimate of drug-likeness (QED) is 0.493. The average Bonchev–Trinajstić information content (AvgIpc) is 3.17. The number of carboxylic acids is 1. The molecule has 5 rings (SSSR count). The first kappa shape index (κ1) is 25.9. The van der Waals surface area contributed by atoms with Crippen LogP contribution in [0.3, 0.4) is 0 Å². The Bertz CT molecular complexity index is 1440. The second-order valence-electron chi connectivity index (χ2n) is 10.5. The Morgan fingerprint density at radius 2 is 1.84 bits per heavy atom. The smallest absolute Gasteiger partial charge is 0.335 e. The number of aromatic carboxylic acids is 1. The van der Waals surface area contributed by atoms with Gasteiger partial charge in [0, 0.05) is 42.6 Å². The third-order valence-corrected chi connectivity index (χ3v) is 9.59. The second-order valence-corrected chi connectivity index (χ2v) is 12.6. The maximum Gasteiger partial charge on any atom is 0.335 e. The SMILES string of the molecule is CN(C)CCS(=O)(=O)N1CCn2c(c(C3CCCCC3)c3ccc(C(=O)O)cc32)-c2ccc(F)cc2C1. The van der Waals surface area contributed by atoms with Crippen LogP contribution in [0.2, 0.25) is 0 Å². The zero-order chi connectivity index (χ0) is 26.3. The van der Waals surface area contributed by atoms with Crippen LogP contribution in [0.15, 0.2) is 36.4 Å². The van der Waals surface area contributed by atoms with Crippen LogP contribution in [0.4, 0.5) is 4.39 Å². The first-order valence-electron chi connectivity index (χ1n) is 13.0. The van der Waals surface area contributed by atoms with Crippen molar-refractivity contribution in [1.82, 2.24) is 13.8 Å². The molecule has 1 fully saturated rings. The van der Waals surface area contributed by atoms with Crippen LogP contribution in [0.1, 0.15) is 59.5 Å². The summed E-state index contributed by atoms with van der Waals surface area (Å²) < 4.78 is 44.7. The molecule has 0 unspecified atom stereocenters. The number of carbonyl (C=O) groups is 1. The molecule has 0 atom stereocenters. The Kier molecular flexibility index (Phi) is 7.13. The summed E-state index contributed by atoms with van der Waals surface area (Å²) in [6.07, 6.45) is 5.58. The number of halogens is 1. The Morgan fingerprint density at radius 1 is 1.08 bits per heavy atom. The third kappa shape index (κ3) is 5.04. The molecule has 2 aliphatic rings. The van der Waals surface area contributed by atoms with E-state index in [4.69, 9.17) is 0 Å². The predicted octanol–water partition coefficient (Wildman–Crippen LogP) is 4.90. The van der Waals surface area contributed by atoms with Gasteiger partial charge in [-0.3, -0.25) is 0 Å². The molecule has 37 heavy (non-hydrogen) atoms. The van der Waals surface area contributed by atoms with Crippen molar-refractivity contribution < 1.29 is 22.7 Å². The molecule has 1 aliphatic carbocycles. The minimum Gasteiger partial charge on any atom is -0.478 e. The van der Waals surface area contributed by atoms with E-state index in [0.29, 0.717) is 24.6 Å². The summed E-state index contributed by atoms with van der Waals surface area (Å²) in [7, 11) is 0.0613. The Labute approximate surface area is 217 Å². The van der Waals surface area contributed by atoms with Gasteiger partial charge in [-0.15, -0.1) is 0 Å². The van der Waals surface area contributed by atoms with Crippen molar-refractivity contribution in [3.63, 3.8) is 0 Å². The lowest BCUT2D eigenvalue weighted by Gasteiger charge is -2.29. The van der Waals surface area contributed by atoms with Crippen molar-refractivity contribution in [3.8, 4) is 11.3 Å². The molecule has 2 heterocycles. The van der Waals surface area contributed by atoms with E-state index < -0.39 is 21.8 Å². The molecule has 9 heteroatoms. The third-order valence-electron chi connectivity index (χ3n) is 7.80. The molecule has 0 spiro atoms. The highest BCUT2D eigenvalue weighted by molar-refractivity contribution is 7.89. The molecule has 0 amide bonds. The molecule has 1 N–H and O–H groups in total. The fraction of sp³-hybridized carbons (Fsp3) is 0.464. The number of nitrogens with zero attached hydrogens (tertiary/aromatic N) is 3. The van der Waals surface area contributed by atoms with E-state index in [-0.39, 0.29) is 24.4 Å². The van der Waals surface area contributed by atoms with E-state index in [1.165, 1.54) is 28.4 Å². The van der Waals surface area contributed by atoms with E-state index in [1.807, 2.05) is 25.1 Å². The van der Waals surface area contributed by atoms with Crippen molar-refractivity contribution >= 4 is 26.9 Å². The molecule has 1 aromatic heterocycles. The van der Waals surface area contributed by atoms with Gasteiger partial charge in [0.2, 0.25) is 10.0 Å². The number of rotatable bonds is 6. The summed E-state index contributed by atoms with van der Waals surface area (Å²) in [6, 6.07) is 9.88. The lowest BCUT2D eigenvalue weighted by molar-refractivity contribution is 0.0697. The van der Waals surface area contributed by atoms with E-state index in [1.54, 1.807) is 18.2 Å². The van der Waals surface area contributed by atoms with Crippen LogP contribution in [0, 0.1) is 5.82 Å². The summed E-state index contributed by atoms with van der Waals surface area (Å²) in [5.41, 5.74) is 4.60. The molecule has 2 aromatic carbocycles. The van der Waals surface area contributed by atoms with Crippen LogP contribution in [-0.4, -0.2) is 66.2 Å². The van der Waals surface area contributed by atoms with Gasteiger partial charge in [-0.05, 0) is 74.3 Å². The first-order valence-corrected chi connectivity index (χ1v) is 14.6. The van der Waals surface area contributed by atoms with Crippen molar-refractivity contribution in [3.05, 3.63) is 58.9 Å². The topological polar surface area (TPSA) is 82.9 Å². The van der Waals surface area contributed by atoms with Crippen LogP contribution >= 0.6 is 0 Å². The number of sulfonamides is 1. The fourth-order valence-corrected chi connectivity index (χ4v) is 7.46. The van der Waals surface area contributed by atoms with Gasteiger partial charge in [0.1, 0.15) is 5.82 Å². The molecule has 198 valence electrons. The summed E-state index contributed by atoms with van der Waals surface area (Å²) >= 11 is 0. The van der Waals surface area contributed by atoms with Crippen molar-refractivity contribution in [1.29, 1.82) is 0 Å². The molecule has 0 bridgehead atoms. The van der Waals surface area contributed by atoms with Crippen LogP contribution < -0.4 is 0 Å². The molecule has 7 nitrogen and oxygen atoms in total. The molecule has 1 aliphatic heterocycles. The van der Waals surface area contributed by atoms with Crippen molar-refractivity contribution in [2.75, 3.05) is 32.9 Å². The van der Waals surface area contributed by atoms with E-state index in [0.717, 1.165) is 47.8 Å². The molecular weight excluding hydrogens is 493 g/mol. The molecular formula is C28H34FN3O4S. The van der Waals surface area contributed by atoms with Gasteiger partial charge in [0.25, 0.3) is 0 Å². The summed E-state index contributed by atoms with van der Waals surface area (Å²) in [4.78, 5) is 13.7. The molecule has 1 saturated carbocycles.